The Kier molecular flexibility index (Phi) is 5.93. The van der Waals surface area contributed by atoms with Gasteiger partial charge in [0.2, 0.25) is 5.16 Å². The summed E-state index contributed by atoms with van der Waals surface area (Å²) in [5.41, 5.74) is -0.472. The minimum atomic E-state index is -0.472. The van der Waals surface area contributed by atoms with Crippen molar-refractivity contribution in [3.8, 4) is 0 Å². The highest BCUT2D eigenvalue weighted by Gasteiger charge is 2.20. The van der Waals surface area contributed by atoms with Crippen LogP contribution in [0.1, 0.15) is 33.6 Å². The number of amides is 1. The van der Waals surface area contributed by atoms with Gasteiger partial charge in [0.1, 0.15) is 5.60 Å². The maximum absolute atomic E-state index is 11.6. The van der Waals surface area contributed by atoms with Gasteiger partial charge < -0.3 is 10.1 Å². The molecule has 0 radical (unpaired) electrons. The number of aryl methyl sites for hydroxylation is 1. The van der Waals surface area contributed by atoms with Gasteiger partial charge in [0.05, 0.1) is 6.42 Å². The lowest BCUT2D eigenvalue weighted by Crippen LogP contribution is -2.29. The fraction of sp³-hybridized carbons (Fsp3) is 0.727. The lowest BCUT2D eigenvalue weighted by Gasteiger charge is -2.23. The first kappa shape index (κ1) is 16.4. The summed E-state index contributed by atoms with van der Waals surface area (Å²) in [6.45, 7) is 5.86. The normalized spacial score (nSPS) is 11.2. The monoisotopic (exact) mass is 301 g/mol. The second-order valence-corrected chi connectivity index (χ2v) is 5.68. The number of esters is 1. The van der Waals surface area contributed by atoms with Gasteiger partial charge >= 0.3 is 5.97 Å². The van der Waals surface area contributed by atoms with Gasteiger partial charge in [-0.05, 0) is 30.7 Å². The average Bonchev–Trinajstić information content (AvgIpc) is 2.74. The molecule has 0 bridgehead atoms. The van der Waals surface area contributed by atoms with Crippen molar-refractivity contribution >= 4 is 23.0 Å². The number of thioether (sulfide) groups is 1. The molecule has 1 aromatic rings. The molecule has 0 spiro atoms. The Morgan fingerprint density at radius 2 is 2.15 bits per heavy atom. The first-order valence-corrected chi connectivity index (χ1v) is 7.05. The average molecular weight is 301 g/mol. The van der Waals surface area contributed by atoms with Crippen molar-refractivity contribution in [3.05, 3.63) is 0 Å². The van der Waals surface area contributed by atoms with E-state index in [1.165, 1.54) is 4.68 Å². The van der Waals surface area contributed by atoms with E-state index >= 15 is 0 Å². The molecular weight excluding hydrogens is 282 g/mol. The van der Waals surface area contributed by atoms with Crippen molar-refractivity contribution in [2.45, 2.75) is 44.4 Å². The van der Waals surface area contributed by atoms with Crippen LogP contribution in [-0.4, -0.2) is 43.6 Å². The molecule has 0 aliphatic rings. The van der Waals surface area contributed by atoms with E-state index < -0.39 is 5.60 Å². The number of tetrazole rings is 1. The molecule has 0 saturated carbocycles. The molecule has 0 atom stereocenters. The predicted molar refractivity (Wildman–Crippen MR) is 73.1 cm³/mol. The van der Waals surface area contributed by atoms with Gasteiger partial charge in [0, 0.05) is 25.4 Å². The number of carbonyl (C=O) groups excluding carboxylic acids is 2. The topological polar surface area (TPSA) is 99.0 Å². The lowest BCUT2D eigenvalue weighted by molar-refractivity contribution is -0.156. The van der Waals surface area contributed by atoms with E-state index in [9.17, 15) is 9.59 Å². The molecule has 1 heterocycles. The molecule has 1 aromatic heterocycles. The molecule has 0 fully saturated rings. The van der Waals surface area contributed by atoms with Crippen LogP contribution in [0.3, 0.4) is 0 Å². The minimum absolute atomic E-state index is 0.132. The SMILES string of the molecule is CCC(C)(C)OC(=O)CCNC(=O)Sc1nnnn1C. The third-order valence-electron chi connectivity index (χ3n) is 2.61. The van der Waals surface area contributed by atoms with E-state index in [0.717, 1.165) is 18.2 Å². The Morgan fingerprint density at radius 1 is 1.45 bits per heavy atom. The number of carbonyl (C=O) groups is 2. The predicted octanol–water partition coefficient (Wildman–Crippen LogP) is 1.13. The maximum atomic E-state index is 11.6. The molecule has 0 saturated heterocycles. The van der Waals surface area contributed by atoms with E-state index in [1.807, 2.05) is 20.8 Å². The zero-order chi connectivity index (χ0) is 15.2. The first-order chi connectivity index (χ1) is 9.34. The highest BCUT2D eigenvalue weighted by Crippen LogP contribution is 2.15. The van der Waals surface area contributed by atoms with Crippen molar-refractivity contribution in [2.24, 2.45) is 7.05 Å². The van der Waals surface area contributed by atoms with E-state index in [4.69, 9.17) is 4.74 Å². The van der Waals surface area contributed by atoms with E-state index in [0.29, 0.717) is 5.16 Å². The summed E-state index contributed by atoms with van der Waals surface area (Å²) in [7, 11) is 1.64. The number of rotatable bonds is 6. The van der Waals surface area contributed by atoms with Gasteiger partial charge in [-0.3, -0.25) is 9.59 Å². The molecular formula is C11H19N5O3S. The zero-order valence-corrected chi connectivity index (χ0v) is 12.9. The first-order valence-electron chi connectivity index (χ1n) is 6.24. The Labute approximate surface area is 121 Å². The van der Waals surface area contributed by atoms with Crippen LogP contribution in [0.4, 0.5) is 4.79 Å². The molecule has 0 aromatic carbocycles. The van der Waals surface area contributed by atoms with E-state index in [2.05, 4.69) is 20.8 Å². The minimum Gasteiger partial charge on any atom is -0.460 e. The summed E-state index contributed by atoms with van der Waals surface area (Å²) in [6.07, 6.45) is 0.868. The Bertz CT molecular complexity index is 474. The Morgan fingerprint density at radius 3 is 2.70 bits per heavy atom. The van der Waals surface area contributed by atoms with Crippen LogP contribution < -0.4 is 5.32 Å². The van der Waals surface area contributed by atoms with Crippen LogP contribution in [0.25, 0.3) is 0 Å². The molecule has 1 N–H and O–H groups in total. The van der Waals surface area contributed by atoms with Gasteiger partial charge in [-0.2, -0.15) is 0 Å². The Hall–Kier alpha value is -1.64. The number of hydrogen-bond donors (Lipinski definition) is 1. The zero-order valence-electron chi connectivity index (χ0n) is 12.0. The van der Waals surface area contributed by atoms with Gasteiger partial charge in [-0.1, -0.05) is 6.92 Å². The van der Waals surface area contributed by atoms with Crippen LogP contribution in [0.15, 0.2) is 5.16 Å². The molecule has 20 heavy (non-hydrogen) atoms. The van der Waals surface area contributed by atoms with Crippen molar-refractivity contribution < 1.29 is 14.3 Å². The Balaban J connectivity index is 2.25. The molecule has 8 nitrogen and oxygen atoms in total. The van der Waals surface area contributed by atoms with Gasteiger partial charge in [-0.25, -0.2) is 4.68 Å². The quantitative estimate of drug-likeness (QED) is 0.621. The van der Waals surface area contributed by atoms with Crippen LogP contribution in [0.2, 0.25) is 0 Å². The van der Waals surface area contributed by atoms with Gasteiger partial charge in [0.15, 0.2) is 0 Å². The molecule has 1 amide bonds. The number of hydrogen-bond acceptors (Lipinski definition) is 7. The van der Waals surface area contributed by atoms with E-state index in [1.54, 1.807) is 7.05 Å². The van der Waals surface area contributed by atoms with Crippen molar-refractivity contribution in [2.75, 3.05) is 6.54 Å². The van der Waals surface area contributed by atoms with Crippen LogP contribution in [0.5, 0.6) is 0 Å². The third kappa shape index (κ3) is 5.55. The number of nitrogens with one attached hydrogen (secondary N) is 1. The third-order valence-corrected chi connectivity index (χ3v) is 3.46. The molecule has 0 aliphatic heterocycles. The molecule has 0 aliphatic carbocycles. The van der Waals surface area contributed by atoms with Crippen LogP contribution in [-0.2, 0) is 16.6 Å². The standard InChI is InChI=1S/C11H19N5O3S/c1-5-11(2,3)19-8(17)6-7-12-10(18)20-9-13-14-15-16(9)4/h5-7H2,1-4H3,(H,12,18). The highest BCUT2D eigenvalue weighted by molar-refractivity contribution is 8.13. The summed E-state index contributed by atoms with van der Waals surface area (Å²) in [5.74, 6) is -0.331. The number of nitrogens with zero attached hydrogens (tertiary/aromatic N) is 4. The summed E-state index contributed by atoms with van der Waals surface area (Å²) in [4.78, 5) is 23.1. The maximum Gasteiger partial charge on any atom is 0.308 e. The summed E-state index contributed by atoms with van der Waals surface area (Å²) >= 11 is 0.871. The number of aromatic nitrogens is 4. The fourth-order valence-corrected chi connectivity index (χ4v) is 1.71. The van der Waals surface area contributed by atoms with Crippen molar-refractivity contribution in [1.82, 2.24) is 25.5 Å². The lowest BCUT2D eigenvalue weighted by atomic mass is 10.1. The summed E-state index contributed by atoms with van der Waals surface area (Å²) in [5, 5.41) is 13.4. The summed E-state index contributed by atoms with van der Waals surface area (Å²) in [6, 6.07) is 0. The van der Waals surface area contributed by atoms with Crippen LogP contribution >= 0.6 is 11.8 Å². The van der Waals surface area contributed by atoms with E-state index in [-0.39, 0.29) is 24.2 Å². The highest BCUT2D eigenvalue weighted by atomic mass is 32.2. The van der Waals surface area contributed by atoms with Gasteiger partial charge in [-0.15, -0.1) is 5.10 Å². The molecule has 1 rings (SSSR count). The largest absolute Gasteiger partial charge is 0.460 e. The van der Waals surface area contributed by atoms with Crippen molar-refractivity contribution in [1.29, 1.82) is 0 Å². The van der Waals surface area contributed by atoms with Crippen LogP contribution in [0, 0.1) is 0 Å². The second kappa shape index (κ2) is 7.22. The smallest absolute Gasteiger partial charge is 0.308 e. The summed E-state index contributed by atoms with van der Waals surface area (Å²) < 4.78 is 6.65. The molecule has 112 valence electrons. The molecule has 0 unspecified atom stereocenters. The van der Waals surface area contributed by atoms with Gasteiger partial charge in [0.25, 0.3) is 5.24 Å². The number of ether oxygens (including phenoxy) is 1. The van der Waals surface area contributed by atoms with Crippen molar-refractivity contribution in [3.63, 3.8) is 0 Å². The fourth-order valence-electron chi connectivity index (χ4n) is 1.12. The second-order valence-electron chi connectivity index (χ2n) is 4.74. The molecule has 9 heteroatoms.